The first-order valence-corrected chi connectivity index (χ1v) is 2.00. The summed E-state index contributed by atoms with van der Waals surface area (Å²) in [5.41, 5.74) is 0. The van der Waals surface area contributed by atoms with Crippen molar-refractivity contribution in [2.24, 2.45) is 0 Å². The van der Waals surface area contributed by atoms with Crippen LogP contribution in [-0.4, -0.2) is 17.5 Å². The average Bonchev–Trinajstić information content (AvgIpc) is 0.722. The summed E-state index contributed by atoms with van der Waals surface area (Å²) < 4.78 is 34.1. The van der Waals surface area contributed by atoms with E-state index in [0.717, 1.165) is 0 Å². The van der Waals surface area contributed by atoms with Crippen molar-refractivity contribution in [2.75, 3.05) is 0 Å². The van der Waals surface area contributed by atoms with Crippen molar-refractivity contribution in [3.63, 3.8) is 0 Å². The van der Waals surface area contributed by atoms with Gasteiger partial charge in [-0.1, -0.05) is 0 Å². The minimum atomic E-state index is -5.17. The van der Waals surface area contributed by atoms with E-state index in [1.807, 2.05) is 0 Å². The first-order chi connectivity index (χ1) is 2.00. The second-order valence-electron chi connectivity index (χ2n) is 0.408. The Balaban J connectivity index is 0. The van der Waals surface area contributed by atoms with E-state index in [-0.39, 0.29) is 27.7 Å². The standard InChI is InChI=1S/Hg.H2O4S/c;1-5(2,3)4/h;(H2,1,2,3,4)/q+2;/p-2. The maximum atomic E-state index is 8.52. The summed E-state index contributed by atoms with van der Waals surface area (Å²) in [5.74, 6) is 0. The Morgan fingerprint density at radius 1 is 1.17 bits per heavy atom. The van der Waals surface area contributed by atoms with Crippen LogP contribution in [0.2, 0.25) is 0 Å². The summed E-state index contributed by atoms with van der Waals surface area (Å²) in [6.07, 6.45) is 0. The molecular weight excluding hydrogens is 297 g/mol. The predicted octanol–water partition coefficient (Wildman–Crippen LogP) is -1.34. The number of hydrogen-bond acceptors (Lipinski definition) is 4. The van der Waals surface area contributed by atoms with Gasteiger partial charge in [-0.3, -0.25) is 8.42 Å². The Labute approximate surface area is 55.6 Å². The van der Waals surface area contributed by atoms with Gasteiger partial charge in [-0.25, -0.2) is 0 Å². The van der Waals surface area contributed by atoms with Crippen LogP contribution in [0.5, 0.6) is 0 Å². The minimum absolute atomic E-state index is 0. The predicted molar refractivity (Wildman–Crippen MR) is 10.5 cm³/mol. The molecule has 0 aliphatic heterocycles. The zero-order valence-corrected chi connectivity index (χ0v) is 9.06. The fourth-order valence-electron chi connectivity index (χ4n) is 0. The van der Waals surface area contributed by atoms with Crippen LogP contribution in [-0.2, 0) is 38.1 Å². The van der Waals surface area contributed by atoms with Gasteiger partial charge in [-0.05, 0) is 0 Å². The van der Waals surface area contributed by atoms with Crippen LogP contribution in [0, 0.1) is 0 Å². The molecule has 0 heterocycles. The molecule has 0 radical (unpaired) electrons. The molecule has 32 valence electrons. The summed E-state index contributed by atoms with van der Waals surface area (Å²) in [5, 5.41) is 0. The van der Waals surface area contributed by atoms with E-state index >= 15 is 0 Å². The molecule has 0 spiro atoms. The molecule has 0 atom stereocenters. The van der Waals surface area contributed by atoms with Crippen LogP contribution in [0.3, 0.4) is 0 Å². The van der Waals surface area contributed by atoms with Crippen molar-refractivity contribution in [2.45, 2.75) is 0 Å². The van der Waals surface area contributed by atoms with E-state index in [4.69, 9.17) is 17.5 Å². The van der Waals surface area contributed by atoms with Crippen LogP contribution in [0.15, 0.2) is 0 Å². The first-order valence-electron chi connectivity index (χ1n) is 0.667. The van der Waals surface area contributed by atoms with Crippen LogP contribution in [0.1, 0.15) is 0 Å². The van der Waals surface area contributed by atoms with Crippen molar-refractivity contribution >= 4 is 10.4 Å². The fourth-order valence-corrected chi connectivity index (χ4v) is 0. The number of hydrogen-bond donors (Lipinski definition) is 0. The normalized spacial score (nSPS) is 9.67. The van der Waals surface area contributed by atoms with Crippen molar-refractivity contribution in [3.05, 3.63) is 0 Å². The van der Waals surface area contributed by atoms with E-state index in [1.54, 1.807) is 0 Å². The zero-order chi connectivity index (χ0) is 4.50. The molecule has 0 unspecified atom stereocenters. The maximum Gasteiger partial charge on any atom is 2.00 e. The molecule has 6 heteroatoms. The molecule has 0 saturated heterocycles. The van der Waals surface area contributed by atoms with Gasteiger partial charge >= 0.3 is 27.7 Å². The smallest absolute Gasteiger partial charge is 0.759 e. The summed E-state index contributed by atoms with van der Waals surface area (Å²) in [4.78, 5) is 0. The Hall–Kier alpha value is 0.805. The molecule has 0 saturated carbocycles. The molecule has 0 aliphatic rings. The van der Waals surface area contributed by atoms with Gasteiger partial charge in [0.05, 0.1) is 0 Å². The Morgan fingerprint density at radius 3 is 1.17 bits per heavy atom. The van der Waals surface area contributed by atoms with Crippen LogP contribution in [0.4, 0.5) is 0 Å². The van der Waals surface area contributed by atoms with Crippen LogP contribution < -0.4 is 0 Å². The Kier molecular flexibility index (Phi) is 4.79. The molecule has 0 bridgehead atoms. The number of rotatable bonds is 0. The van der Waals surface area contributed by atoms with Crippen molar-refractivity contribution < 1.29 is 45.2 Å². The minimum Gasteiger partial charge on any atom is -0.759 e. The molecule has 0 N–H and O–H groups in total. The molecule has 0 amide bonds. The molecule has 0 fully saturated rings. The first kappa shape index (κ1) is 9.93. The van der Waals surface area contributed by atoms with Gasteiger partial charge in [0.1, 0.15) is 0 Å². The molecule has 0 aromatic rings. The van der Waals surface area contributed by atoms with Gasteiger partial charge in [0.25, 0.3) is 0 Å². The molecule has 6 heavy (non-hydrogen) atoms. The van der Waals surface area contributed by atoms with E-state index in [0.29, 0.717) is 0 Å². The molecule has 0 rings (SSSR count). The third kappa shape index (κ3) is 107. The van der Waals surface area contributed by atoms with Crippen LogP contribution in [0.25, 0.3) is 0 Å². The fraction of sp³-hybridized carbons (Fsp3) is 0. The molecular formula is HgO4S. The van der Waals surface area contributed by atoms with Crippen molar-refractivity contribution in [3.8, 4) is 0 Å². The second kappa shape index (κ2) is 2.89. The van der Waals surface area contributed by atoms with E-state index in [1.165, 1.54) is 0 Å². The van der Waals surface area contributed by atoms with Gasteiger partial charge in [-0.15, -0.1) is 0 Å². The summed E-state index contributed by atoms with van der Waals surface area (Å²) in [6, 6.07) is 0. The van der Waals surface area contributed by atoms with Gasteiger partial charge in [0.15, 0.2) is 0 Å². The third-order valence-corrected chi connectivity index (χ3v) is 0. The molecule has 0 aliphatic carbocycles. The second-order valence-corrected chi connectivity index (χ2v) is 1.22. The molecule has 0 aromatic heterocycles. The SMILES string of the molecule is O=S(=O)([O-])[O-].[Hg+2]. The zero-order valence-electron chi connectivity index (χ0n) is 2.75. The third-order valence-electron chi connectivity index (χ3n) is 0. The summed E-state index contributed by atoms with van der Waals surface area (Å²) >= 11 is 0. The van der Waals surface area contributed by atoms with Gasteiger partial charge in [0.2, 0.25) is 0 Å². The summed E-state index contributed by atoms with van der Waals surface area (Å²) in [6.45, 7) is 0. The van der Waals surface area contributed by atoms with Gasteiger partial charge in [-0.2, -0.15) is 0 Å². The Morgan fingerprint density at radius 2 is 1.17 bits per heavy atom. The summed E-state index contributed by atoms with van der Waals surface area (Å²) in [7, 11) is -5.17. The van der Waals surface area contributed by atoms with Gasteiger partial charge < -0.3 is 9.11 Å². The van der Waals surface area contributed by atoms with Crippen molar-refractivity contribution in [1.29, 1.82) is 0 Å². The largest absolute Gasteiger partial charge is 2.00 e. The quantitative estimate of drug-likeness (QED) is 0.315. The van der Waals surface area contributed by atoms with Crippen LogP contribution >= 0.6 is 0 Å². The maximum absolute atomic E-state index is 8.52. The van der Waals surface area contributed by atoms with E-state index < -0.39 is 10.4 Å². The monoisotopic (exact) mass is 298 g/mol. The molecule has 4 nitrogen and oxygen atoms in total. The van der Waals surface area contributed by atoms with E-state index in [2.05, 4.69) is 0 Å². The Bertz CT molecular complexity index is 90.7. The topological polar surface area (TPSA) is 80.3 Å². The molecule has 0 aromatic carbocycles. The van der Waals surface area contributed by atoms with E-state index in [9.17, 15) is 0 Å². The van der Waals surface area contributed by atoms with Gasteiger partial charge in [0, 0.05) is 10.4 Å². The average molecular weight is 297 g/mol. The van der Waals surface area contributed by atoms with Crippen molar-refractivity contribution in [1.82, 2.24) is 0 Å².